The van der Waals surface area contributed by atoms with Crippen LogP contribution in [0, 0.1) is 0 Å². The maximum absolute atomic E-state index is 11.6. The number of aryl methyl sites for hydroxylation is 1. The number of benzene rings is 1. The number of nitrogens with one attached hydrogen (secondary N) is 1. The molecule has 0 atom stereocenters. The van der Waals surface area contributed by atoms with Crippen molar-refractivity contribution in [3.63, 3.8) is 0 Å². The van der Waals surface area contributed by atoms with Gasteiger partial charge >= 0.3 is 5.97 Å². The molecule has 0 fully saturated rings. The van der Waals surface area contributed by atoms with Crippen LogP contribution in [-0.4, -0.2) is 39.4 Å². The van der Waals surface area contributed by atoms with Crippen molar-refractivity contribution in [1.29, 1.82) is 0 Å². The minimum Gasteiger partial charge on any atom is -0.465 e. The van der Waals surface area contributed by atoms with Gasteiger partial charge in [-0.05, 0) is 24.1 Å². The first-order valence-corrected chi connectivity index (χ1v) is 7.95. The Hall–Kier alpha value is -1.89. The van der Waals surface area contributed by atoms with Crippen molar-refractivity contribution in [2.75, 3.05) is 24.4 Å². The van der Waals surface area contributed by atoms with E-state index < -0.39 is 15.8 Å². The summed E-state index contributed by atoms with van der Waals surface area (Å²) in [5, 5.41) is 2.54. The van der Waals surface area contributed by atoms with Gasteiger partial charge in [0.1, 0.15) is 9.84 Å². The lowest BCUT2D eigenvalue weighted by atomic mass is 10.1. The van der Waals surface area contributed by atoms with Gasteiger partial charge in [0.05, 0.1) is 24.1 Å². The monoisotopic (exact) mass is 299 g/mol. The summed E-state index contributed by atoms with van der Waals surface area (Å²) < 4.78 is 26.9. The maximum Gasteiger partial charge on any atom is 0.339 e. The number of hydrogen-bond acceptors (Lipinski definition) is 5. The second kappa shape index (κ2) is 6.51. The van der Waals surface area contributed by atoms with E-state index in [1.54, 1.807) is 12.1 Å². The molecule has 0 bridgehead atoms. The summed E-state index contributed by atoms with van der Waals surface area (Å²) in [4.78, 5) is 22.7. The molecule has 0 aromatic heterocycles. The third-order valence-corrected chi connectivity index (χ3v) is 3.51. The third kappa shape index (κ3) is 5.00. The molecule has 110 valence electrons. The Bertz CT molecular complexity index is 622. The lowest BCUT2D eigenvalue weighted by Crippen LogP contribution is -2.13. The average Bonchev–Trinajstić information content (AvgIpc) is 2.34. The van der Waals surface area contributed by atoms with E-state index in [1.165, 1.54) is 20.1 Å². The van der Waals surface area contributed by atoms with Crippen LogP contribution in [0.5, 0.6) is 0 Å². The first-order chi connectivity index (χ1) is 9.23. The standard InChI is InChI=1S/C13H17NO5S/c1-9(15)14-12-8-10(6-7-20(3,17)18)4-5-11(12)13(16)19-2/h4-5,8H,6-7H2,1-3H3,(H,14,15). The summed E-state index contributed by atoms with van der Waals surface area (Å²) in [5.74, 6) is -0.886. The van der Waals surface area contributed by atoms with Gasteiger partial charge in [-0.25, -0.2) is 13.2 Å². The van der Waals surface area contributed by atoms with Crippen molar-refractivity contribution in [2.45, 2.75) is 13.3 Å². The summed E-state index contributed by atoms with van der Waals surface area (Å²) in [6, 6.07) is 4.73. The highest BCUT2D eigenvalue weighted by molar-refractivity contribution is 7.90. The molecule has 1 N–H and O–H groups in total. The summed E-state index contributed by atoms with van der Waals surface area (Å²) in [7, 11) is -1.82. The molecule has 1 aromatic rings. The number of carbonyl (C=O) groups excluding carboxylic acids is 2. The highest BCUT2D eigenvalue weighted by Gasteiger charge is 2.14. The number of methoxy groups -OCH3 is 1. The Kier molecular flexibility index (Phi) is 5.26. The number of sulfone groups is 1. The van der Waals surface area contributed by atoms with E-state index in [-0.39, 0.29) is 17.2 Å². The molecule has 0 aliphatic carbocycles. The second-order valence-electron chi connectivity index (χ2n) is 4.43. The molecule has 0 unspecified atom stereocenters. The first-order valence-electron chi connectivity index (χ1n) is 5.89. The summed E-state index contributed by atoms with van der Waals surface area (Å²) in [5.41, 5.74) is 1.26. The molecule has 0 aliphatic rings. The highest BCUT2D eigenvalue weighted by atomic mass is 32.2. The van der Waals surface area contributed by atoms with Gasteiger partial charge in [0.15, 0.2) is 0 Å². The van der Waals surface area contributed by atoms with Gasteiger partial charge in [-0.15, -0.1) is 0 Å². The van der Waals surface area contributed by atoms with Crippen LogP contribution in [0.15, 0.2) is 18.2 Å². The molecule has 0 aliphatic heterocycles. The van der Waals surface area contributed by atoms with Crippen LogP contribution < -0.4 is 5.32 Å². The zero-order valence-corrected chi connectivity index (χ0v) is 12.4. The quantitative estimate of drug-likeness (QED) is 0.820. The normalized spacial score (nSPS) is 10.9. The molecule has 0 heterocycles. The van der Waals surface area contributed by atoms with Crippen LogP contribution in [-0.2, 0) is 25.8 Å². The van der Waals surface area contributed by atoms with Gasteiger partial charge in [0.25, 0.3) is 0 Å². The minimum absolute atomic E-state index is 0.00405. The minimum atomic E-state index is -3.07. The zero-order chi connectivity index (χ0) is 15.3. The van der Waals surface area contributed by atoms with Crippen molar-refractivity contribution in [3.8, 4) is 0 Å². The van der Waals surface area contributed by atoms with E-state index in [0.29, 0.717) is 17.7 Å². The van der Waals surface area contributed by atoms with E-state index in [2.05, 4.69) is 10.1 Å². The Morgan fingerprint density at radius 2 is 1.95 bits per heavy atom. The molecule has 7 heteroatoms. The van der Waals surface area contributed by atoms with E-state index >= 15 is 0 Å². The molecule has 0 spiro atoms. The lowest BCUT2D eigenvalue weighted by Gasteiger charge is -2.10. The molecule has 6 nitrogen and oxygen atoms in total. The predicted octanol–water partition coefficient (Wildman–Crippen LogP) is 1.02. The van der Waals surface area contributed by atoms with Crippen molar-refractivity contribution in [2.24, 2.45) is 0 Å². The maximum atomic E-state index is 11.6. The first kappa shape index (κ1) is 16.2. The van der Waals surface area contributed by atoms with Crippen molar-refractivity contribution < 1.29 is 22.7 Å². The molecule has 0 saturated heterocycles. The largest absolute Gasteiger partial charge is 0.465 e. The average molecular weight is 299 g/mol. The van der Waals surface area contributed by atoms with Crippen molar-refractivity contribution in [3.05, 3.63) is 29.3 Å². The summed E-state index contributed by atoms with van der Waals surface area (Å²) in [6.07, 6.45) is 1.47. The van der Waals surface area contributed by atoms with Crippen molar-refractivity contribution >= 4 is 27.4 Å². The highest BCUT2D eigenvalue weighted by Crippen LogP contribution is 2.19. The molecule has 0 saturated carbocycles. The Balaban J connectivity index is 3.07. The summed E-state index contributed by atoms with van der Waals surface area (Å²) >= 11 is 0. The van der Waals surface area contributed by atoms with Gasteiger partial charge in [0, 0.05) is 13.2 Å². The molecule has 20 heavy (non-hydrogen) atoms. The third-order valence-electron chi connectivity index (χ3n) is 2.56. The van der Waals surface area contributed by atoms with Crippen LogP contribution in [0.2, 0.25) is 0 Å². The lowest BCUT2D eigenvalue weighted by molar-refractivity contribution is -0.114. The van der Waals surface area contributed by atoms with E-state index in [4.69, 9.17) is 0 Å². The van der Waals surface area contributed by atoms with Gasteiger partial charge in [0.2, 0.25) is 5.91 Å². The fraction of sp³-hybridized carbons (Fsp3) is 0.385. The molecular formula is C13H17NO5S. The van der Waals surface area contributed by atoms with Gasteiger partial charge in [-0.1, -0.05) is 6.07 Å². The predicted molar refractivity (Wildman–Crippen MR) is 75.5 cm³/mol. The van der Waals surface area contributed by atoms with Crippen LogP contribution in [0.4, 0.5) is 5.69 Å². The van der Waals surface area contributed by atoms with Gasteiger partial charge < -0.3 is 10.1 Å². The van der Waals surface area contributed by atoms with Crippen LogP contribution in [0.1, 0.15) is 22.8 Å². The number of anilines is 1. The number of rotatable bonds is 5. The Labute approximate surface area is 118 Å². The molecular weight excluding hydrogens is 282 g/mol. The number of hydrogen-bond donors (Lipinski definition) is 1. The Morgan fingerprint density at radius 3 is 2.45 bits per heavy atom. The number of ether oxygens (including phenoxy) is 1. The number of carbonyl (C=O) groups is 2. The fourth-order valence-corrected chi connectivity index (χ4v) is 2.24. The van der Waals surface area contributed by atoms with E-state index in [1.807, 2.05) is 0 Å². The van der Waals surface area contributed by atoms with E-state index in [9.17, 15) is 18.0 Å². The fourth-order valence-electron chi connectivity index (χ4n) is 1.63. The van der Waals surface area contributed by atoms with Crippen LogP contribution in [0.3, 0.4) is 0 Å². The van der Waals surface area contributed by atoms with E-state index in [0.717, 1.165) is 6.26 Å². The molecule has 1 aromatic carbocycles. The second-order valence-corrected chi connectivity index (χ2v) is 6.69. The molecule has 1 amide bonds. The van der Waals surface area contributed by atoms with Gasteiger partial charge in [-0.2, -0.15) is 0 Å². The number of esters is 1. The van der Waals surface area contributed by atoms with Crippen LogP contribution in [0.25, 0.3) is 0 Å². The summed E-state index contributed by atoms with van der Waals surface area (Å²) in [6.45, 7) is 1.32. The van der Waals surface area contributed by atoms with Gasteiger partial charge in [-0.3, -0.25) is 4.79 Å². The topological polar surface area (TPSA) is 89.5 Å². The molecule has 0 radical (unpaired) electrons. The van der Waals surface area contributed by atoms with Crippen LogP contribution >= 0.6 is 0 Å². The van der Waals surface area contributed by atoms with Crippen molar-refractivity contribution in [1.82, 2.24) is 0 Å². The Morgan fingerprint density at radius 1 is 1.30 bits per heavy atom. The zero-order valence-electron chi connectivity index (χ0n) is 11.6. The SMILES string of the molecule is COC(=O)c1ccc(CCS(C)(=O)=O)cc1NC(C)=O. The smallest absolute Gasteiger partial charge is 0.339 e. The number of amides is 1. The molecule has 1 rings (SSSR count).